The van der Waals surface area contributed by atoms with E-state index in [2.05, 4.69) is 12.2 Å². The molecule has 0 amide bonds. The first-order valence-electron chi connectivity index (χ1n) is 5.23. The second kappa shape index (κ2) is 6.11. The molecule has 0 aromatic heterocycles. The Bertz CT molecular complexity index is 286. The Balaban J connectivity index is 2.77. The molecule has 0 bridgehead atoms. The van der Waals surface area contributed by atoms with E-state index in [0.717, 1.165) is 11.6 Å². The van der Waals surface area contributed by atoms with Crippen molar-refractivity contribution in [3.63, 3.8) is 0 Å². The van der Waals surface area contributed by atoms with E-state index < -0.39 is 0 Å². The van der Waals surface area contributed by atoms with Gasteiger partial charge in [0, 0.05) is 11.6 Å². The average molecular weight is 228 g/mol. The van der Waals surface area contributed by atoms with Gasteiger partial charge in [-0.15, -0.1) is 0 Å². The molecule has 1 aromatic carbocycles. The lowest BCUT2D eigenvalue weighted by Gasteiger charge is -2.23. The number of halogens is 1. The Kier molecular flexibility index (Phi) is 5.09. The third-order valence-corrected chi connectivity index (χ3v) is 2.69. The monoisotopic (exact) mass is 227 g/mol. The molecule has 0 heterocycles. The summed E-state index contributed by atoms with van der Waals surface area (Å²) < 4.78 is 5.58. The van der Waals surface area contributed by atoms with E-state index in [0.29, 0.717) is 0 Å². The molecule has 2 unspecified atom stereocenters. The van der Waals surface area contributed by atoms with E-state index in [-0.39, 0.29) is 12.1 Å². The molecule has 2 atom stereocenters. The smallest absolute Gasteiger partial charge is 0.0741 e. The van der Waals surface area contributed by atoms with Crippen molar-refractivity contribution in [3.8, 4) is 0 Å². The normalized spacial score (nSPS) is 14.9. The van der Waals surface area contributed by atoms with Crippen LogP contribution in [0.1, 0.15) is 25.5 Å². The number of likely N-dealkylation sites (N-methyl/N-ethyl adjacent to an activating group) is 1. The van der Waals surface area contributed by atoms with Crippen molar-refractivity contribution in [1.82, 2.24) is 5.32 Å². The van der Waals surface area contributed by atoms with Crippen molar-refractivity contribution in [2.24, 2.45) is 0 Å². The fourth-order valence-corrected chi connectivity index (χ4v) is 1.83. The minimum Gasteiger partial charge on any atom is -0.377 e. The number of ether oxygens (including phenoxy) is 1. The lowest BCUT2D eigenvalue weighted by Crippen LogP contribution is -2.29. The molecule has 0 saturated carbocycles. The molecule has 15 heavy (non-hydrogen) atoms. The van der Waals surface area contributed by atoms with Gasteiger partial charge in [-0.25, -0.2) is 0 Å². The zero-order valence-electron chi connectivity index (χ0n) is 9.46. The van der Waals surface area contributed by atoms with Gasteiger partial charge >= 0.3 is 0 Å². The molecule has 0 radical (unpaired) electrons. The molecule has 1 aromatic rings. The standard InChI is InChI=1S/C12H18ClNO/c1-4-15-9(2)12(14-3)10-5-7-11(13)8-6-10/h5-9,12,14H,4H2,1-3H3. The Morgan fingerprint density at radius 2 is 1.93 bits per heavy atom. The first-order chi connectivity index (χ1) is 7.19. The van der Waals surface area contributed by atoms with E-state index in [1.807, 2.05) is 38.2 Å². The summed E-state index contributed by atoms with van der Waals surface area (Å²) in [7, 11) is 1.94. The van der Waals surface area contributed by atoms with Crippen LogP contribution in [0.2, 0.25) is 5.02 Å². The maximum Gasteiger partial charge on any atom is 0.0741 e. The van der Waals surface area contributed by atoms with E-state index in [1.54, 1.807) is 0 Å². The quantitative estimate of drug-likeness (QED) is 0.835. The minimum atomic E-state index is 0.154. The number of rotatable bonds is 5. The summed E-state index contributed by atoms with van der Waals surface area (Å²) in [4.78, 5) is 0. The Hall–Kier alpha value is -0.570. The summed E-state index contributed by atoms with van der Waals surface area (Å²) in [5.74, 6) is 0. The maximum absolute atomic E-state index is 5.85. The van der Waals surface area contributed by atoms with Crippen LogP contribution in [0, 0.1) is 0 Å². The van der Waals surface area contributed by atoms with Gasteiger partial charge in [-0.3, -0.25) is 0 Å². The largest absolute Gasteiger partial charge is 0.377 e. The zero-order valence-corrected chi connectivity index (χ0v) is 10.2. The summed E-state index contributed by atoms with van der Waals surface area (Å²) in [6.45, 7) is 4.80. The van der Waals surface area contributed by atoms with Gasteiger partial charge in [-0.05, 0) is 38.6 Å². The van der Waals surface area contributed by atoms with Gasteiger partial charge in [-0.2, -0.15) is 0 Å². The van der Waals surface area contributed by atoms with E-state index >= 15 is 0 Å². The molecule has 0 saturated heterocycles. The first kappa shape index (κ1) is 12.5. The average Bonchev–Trinajstić information content (AvgIpc) is 2.22. The highest BCUT2D eigenvalue weighted by Gasteiger charge is 2.17. The van der Waals surface area contributed by atoms with Crippen LogP contribution in [0.4, 0.5) is 0 Å². The molecule has 0 aliphatic heterocycles. The molecule has 0 aliphatic carbocycles. The van der Waals surface area contributed by atoms with Crippen molar-refractivity contribution >= 4 is 11.6 Å². The second-order valence-corrected chi connectivity index (χ2v) is 3.91. The molecule has 1 N–H and O–H groups in total. The van der Waals surface area contributed by atoms with Gasteiger partial charge in [0.15, 0.2) is 0 Å². The van der Waals surface area contributed by atoms with Crippen molar-refractivity contribution < 1.29 is 4.74 Å². The molecule has 1 rings (SSSR count). The maximum atomic E-state index is 5.85. The number of hydrogen-bond acceptors (Lipinski definition) is 2. The van der Waals surface area contributed by atoms with Crippen molar-refractivity contribution in [1.29, 1.82) is 0 Å². The van der Waals surface area contributed by atoms with Crippen LogP contribution >= 0.6 is 11.6 Å². The predicted molar refractivity (Wildman–Crippen MR) is 64.3 cm³/mol. The van der Waals surface area contributed by atoms with Crippen LogP contribution < -0.4 is 5.32 Å². The molecular weight excluding hydrogens is 210 g/mol. The summed E-state index contributed by atoms with van der Waals surface area (Å²) in [5, 5.41) is 4.02. The van der Waals surface area contributed by atoms with Gasteiger partial charge in [0.25, 0.3) is 0 Å². The van der Waals surface area contributed by atoms with Crippen molar-refractivity contribution in [2.45, 2.75) is 26.0 Å². The lowest BCUT2D eigenvalue weighted by atomic mass is 10.0. The third kappa shape index (κ3) is 3.49. The Morgan fingerprint density at radius 1 is 1.33 bits per heavy atom. The predicted octanol–water partition coefficient (Wildman–Crippen LogP) is 3.03. The molecule has 2 nitrogen and oxygen atoms in total. The van der Waals surface area contributed by atoms with Crippen LogP contribution in [0.3, 0.4) is 0 Å². The van der Waals surface area contributed by atoms with Gasteiger partial charge in [-0.1, -0.05) is 23.7 Å². The van der Waals surface area contributed by atoms with Gasteiger partial charge in [0.1, 0.15) is 0 Å². The molecule has 3 heteroatoms. The van der Waals surface area contributed by atoms with Gasteiger partial charge < -0.3 is 10.1 Å². The van der Waals surface area contributed by atoms with Crippen molar-refractivity contribution in [3.05, 3.63) is 34.9 Å². The summed E-state index contributed by atoms with van der Waals surface area (Å²) >= 11 is 5.85. The highest BCUT2D eigenvalue weighted by Crippen LogP contribution is 2.20. The van der Waals surface area contributed by atoms with Gasteiger partial charge in [0.05, 0.1) is 12.1 Å². The van der Waals surface area contributed by atoms with Crippen LogP contribution in [0.15, 0.2) is 24.3 Å². The van der Waals surface area contributed by atoms with E-state index in [1.165, 1.54) is 5.56 Å². The third-order valence-electron chi connectivity index (χ3n) is 2.44. The fourth-order valence-electron chi connectivity index (χ4n) is 1.70. The second-order valence-electron chi connectivity index (χ2n) is 3.48. The molecule has 84 valence electrons. The minimum absolute atomic E-state index is 0.154. The first-order valence-corrected chi connectivity index (χ1v) is 5.61. The lowest BCUT2D eigenvalue weighted by molar-refractivity contribution is 0.0493. The zero-order chi connectivity index (χ0) is 11.3. The van der Waals surface area contributed by atoms with Crippen molar-refractivity contribution in [2.75, 3.05) is 13.7 Å². The highest BCUT2D eigenvalue weighted by molar-refractivity contribution is 6.30. The molecule has 0 fully saturated rings. The summed E-state index contributed by atoms with van der Waals surface area (Å²) in [5.41, 5.74) is 1.20. The van der Waals surface area contributed by atoms with Crippen LogP contribution in [-0.2, 0) is 4.74 Å². The highest BCUT2D eigenvalue weighted by atomic mass is 35.5. The summed E-state index contributed by atoms with van der Waals surface area (Å²) in [6, 6.07) is 8.07. The Labute approximate surface area is 96.6 Å². The van der Waals surface area contributed by atoms with Crippen LogP contribution in [0.5, 0.6) is 0 Å². The topological polar surface area (TPSA) is 21.3 Å². The molecule has 0 aliphatic rings. The number of hydrogen-bond donors (Lipinski definition) is 1. The SMILES string of the molecule is CCOC(C)C(NC)c1ccc(Cl)cc1. The number of nitrogens with one attached hydrogen (secondary N) is 1. The Morgan fingerprint density at radius 3 is 2.40 bits per heavy atom. The van der Waals surface area contributed by atoms with Crippen LogP contribution in [0.25, 0.3) is 0 Å². The van der Waals surface area contributed by atoms with E-state index in [4.69, 9.17) is 16.3 Å². The van der Waals surface area contributed by atoms with Crippen LogP contribution in [-0.4, -0.2) is 19.8 Å². The summed E-state index contributed by atoms with van der Waals surface area (Å²) in [6.07, 6.45) is 0.154. The fraction of sp³-hybridized carbons (Fsp3) is 0.500. The van der Waals surface area contributed by atoms with Gasteiger partial charge in [0.2, 0.25) is 0 Å². The van der Waals surface area contributed by atoms with E-state index in [9.17, 15) is 0 Å². The molecule has 0 spiro atoms. The molecular formula is C12H18ClNO. The number of benzene rings is 1.